The van der Waals surface area contributed by atoms with Gasteiger partial charge in [-0.15, -0.1) is 0 Å². The fourth-order valence-electron chi connectivity index (χ4n) is 1.86. The third kappa shape index (κ3) is 2.73. The first-order valence-electron chi connectivity index (χ1n) is 5.60. The van der Waals surface area contributed by atoms with Crippen LogP contribution < -0.4 is 0 Å². The van der Waals surface area contributed by atoms with Crippen LogP contribution in [0, 0.1) is 0 Å². The summed E-state index contributed by atoms with van der Waals surface area (Å²) in [7, 11) is 0. The second-order valence-corrected chi connectivity index (χ2v) is 3.55. The van der Waals surface area contributed by atoms with Crippen LogP contribution in [0.3, 0.4) is 0 Å². The van der Waals surface area contributed by atoms with Gasteiger partial charge in [0.2, 0.25) is 0 Å². The van der Waals surface area contributed by atoms with E-state index in [9.17, 15) is 0 Å². The number of rotatable bonds is 0. The number of benzene rings is 1. The summed E-state index contributed by atoms with van der Waals surface area (Å²) in [4.78, 5) is 0. The van der Waals surface area contributed by atoms with Gasteiger partial charge in [-0.2, -0.15) is 0 Å². The summed E-state index contributed by atoms with van der Waals surface area (Å²) < 4.78 is 0. The molecule has 1 aliphatic carbocycles. The molecule has 0 heteroatoms. The second-order valence-electron chi connectivity index (χ2n) is 3.55. The van der Waals surface area contributed by atoms with E-state index in [0.717, 1.165) is 6.42 Å². The first-order valence-corrected chi connectivity index (χ1v) is 5.60. The molecule has 0 nitrogen and oxygen atoms in total. The summed E-state index contributed by atoms with van der Waals surface area (Å²) in [6, 6.07) is 8.73. The largest absolute Gasteiger partial charge is 0.0995 e. The summed E-state index contributed by atoms with van der Waals surface area (Å²) in [5.41, 5.74) is 4.40. The van der Waals surface area contributed by atoms with Crippen molar-refractivity contribution in [2.24, 2.45) is 0 Å². The van der Waals surface area contributed by atoms with Gasteiger partial charge in [0.05, 0.1) is 0 Å². The van der Waals surface area contributed by atoms with Crippen molar-refractivity contribution in [3.05, 3.63) is 47.5 Å². The zero-order valence-electron chi connectivity index (χ0n) is 9.34. The highest BCUT2D eigenvalue weighted by Gasteiger charge is 2.08. The van der Waals surface area contributed by atoms with Gasteiger partial charge in [-0.3, -0.25) is 0 Å². The zero-order valence-corrected chi connectivity index (χ0v) is 9.34. The lowest BCUT2D eigenvalue weighted by Gasteiger charge is -2.03. The first-order chi connectivity index (χ1) is 6.86. The lowest BCUT2D eigenvalue weighted by molar-refractivity contribution is 0.828. The molecule has 0 radical (unpaired) electrons. The van der Waals surface area contributed by atoms with Crippen LogP contribution in [0.1, 0.15) is 37.8 Å². The molecular weight excluding hydrogens is 168 g/mol. The monoisotopic (exact) mass is 188 g/mol. The highest BCUT2D eigenvalue weighted by molar-refractivity contribution is 5.32. The summed E-state index contributed by atoms with van der Waals surface area (Å²) in [6.45, 7) is 8.07. The van der Waals surface area contributed by atoms with Crippen molar-refractivity contribution in [2.75, 3.05) is 0 Å². The Labute approximate surface area is 87.7 Å². The number of allylic oxidation sites excluding steroid dienone is 1. The zero-order chi connectivity index (χ0) is 10.4. The summed E-state index contributed by atoms with van der Waals surface area (Å²) in [6.07, 6.45) is 4.80. The van der Waals surface area contributed by atoms with Crippen molar-refractivity contribution >= 4 is 0 Å². The molecule has 0 N–H and O–H groups in total. The standard InChI is InChI=1S/C12H14.C2H6/c1-10-5-4-8-11-6-2-3-7-12(11)9-10;1-2/h2-3,6-7H,1,4-5,8-9H2;1-2H3. The molecule has 0 unspecified atom stereocenters. The molecular formula is C14H20. The van der Waals surface area contributed by atoms with Crippen molar-refractivity contribution < 1.29 is 0 Å². The third-order valence-corrected chi connectivity index (χ3v) is 2.54. The molecule has 0 saturated heterocycles. The molecule has 1 aliphatic rings. The average Bonchev–Trinajstić information content (AvgIpc) is 2.41. The maximum absolute atomic E-state index is 4.07. The van der Waals surface area contributed by atoms with E-state index >= 15 is 0 Å². The molecule has 0 amide bonds. The molecule has 0 saturated carbocycles. The topological polar surface area (TPSA) is 0 Å². The first kappa shape index (κ1) is 11.0. The smallest absolute Gasteiger partial charge is 0.00671 e. The van der Waals surface area contributed by atoms with E-state index < -0.39 is 0 Å². The molecule has 0 aliphatic heterocycles. The van der Waals surface area contributed by atoms with Crippen molar-refractivity contribution in [2.45, 2.75) is 39.5 Å². The summed E-state index contributed by atoms with van der Waals surface area (Å²) >= 11 is 0. The quantitative estimate of drug-likeness (QED) is 0.424. The average molecular weight is 188 g/mol. The maximum atomic E-state index is 4.07. The van der Waals surface area contributed by atoms with Crippen LogP contribution >= 0.6 is 0 Å². The van der Waals surface area contributed by atoms with Crippen LogP contribution in [0.25, 0.3) is 0 Å². The van der Waals surface area contributed by atoms with Crippen LogP contribution in [0.2, 0.25) is 0 Å². The van der Waals surface area contributed by atoms with Crippen LogP contribution in [0.5, 0.6) is 0 Å². The van der Waals surface area contributed by atoms with Gasteiger partial charge in [-0.1, -0.05) is 50.3 Å². The Hall–Kier alpha value is -1.04. The van der Waals surface area contributed by atoms with E-state index in [2.05, 4.69) is 30.8 Å². The fraction of sp³-hybridized carbons (Fsp3) is 0.429. The van der Waals surface area contributed by atoms with E-state index in [1.165, 1.54) is 36.0 Å². The Morgan fingerprint density at radius 2 is 1.64 bits per heavy atom. The predicted octanol–water partition coefficient (Wildman–Crippen LogP) is 4.15. The van der Waals surface area contributed by atoms with Gasteiger partial charge >= 0.3 is 0 Å². The molecule has 0 fully saturated rings. The highest BCUT2D eigenvalue weighted by atomic mass is 14.1. The van der Waals surface area contributed by atoms with Gasteiger partial charge in [-0.25, -0.2) is 0 Å². The van der Waals surface area contributed by atoms with Gasteiger partial charge in [0.25, 0.3) is 0 Å². The van der Waals surface area contributed by atoms with Gasteiger partial charge < -0.3 is 0 Å². The number of aryl methyl sites for hydroxylation is 1. The predicted molar refractivity (Wildman–Crippen MR) is 63.6 cm³/mol. The Balaban J connectivity index is 0.000000461. The minimum Gasteiger partial charge on any atom is -0.0995 e. The van der Waals surface area contributed by atoms with E-state index in [1.54, 1.807) is 0 Å². The van der Waals surface area contributed by atoms with E-state index in [0.29, 0.717) is 0 Å². The van der Waals surface area contributed by atoms with Gasteiger partial charge in [-0.05, 0) is 36.8 Å². The normalized spacial score (nSPS) is 14.9. The highest BCUT2D eigenvalue weighted by Crippen LogP contribution is 2.22. The third-order valence-electron chi connectivity index (χ3n) is 2.54. The van der Waals surface area contributed by atoms with Crippen LogP contribution in [0.15, 0.2) is 36.4 Å². The fourth-order valence-corrected chi connectivity index (χ4v) is 1.86. The molecule has 0 bridgehead atoms. The summed E-state index contributed by atoms with van der Waals surface area (Å²) in [5.74, 6) is 0. The lowest BCUT2D eigenvalue weighted by Crippen LogP contribution is -1.89. The maximum Gasteiger partial charge on any atom is -0.00671 e. The Bertz CT molecular complexity index is 297. The minimum atomic E-state index is 1.09. The van der Waals surface area contributed by atoms with Gasteiger partial charge in [0.1, 0.15) is 0 Å². The van der Waals surface area contributed by atoms with Crippen molar-refractivity contribution in [1.82, 2.24) is 0 Å². The molecule has 0 heterocycles. The van der Waals surface area contributed by atoms with E-state index in [-0.39, 0.29) is 0 Å². The van der Waals surface area contributed by atoms with E-state index in [4.69, 9.17) is 0 Å². The Kier molecular flexibility index (Phi) is 4.45. The second kappa shape index (κ2) is 5.64. The van der Waals surface area contributed by atoms with Gasteiger partial charge in [0, 0.05) is 0 Å². The number of hydrogen-bond acceptors (Lipinski definition) is 0. The number of hydrogen-bond donors (Lipinski definition) is 0. The molecule has 14 heavy (non-hydrogen) atoms. The van der Waals surface area contributed by atoms with Crippen molar-refractivity contribution in [3.63, 3.8) is 0 Å². The van der Waals surface area contributed by atoms with Gasteiger partial charge in [0.15, 0.2) is 0 Å². The SMILES string of the molecule is C=C1CCCc2ccccc2C1.CC. The van der Waals surface area contributed by atoms with Crippen molar-refractivity contribution in [3.8, 4) is 0 Å². The number of fused-ring (bicyclic) bond motifs is 1. The van der Waals surface area contributed by atoms with Crippen LogP contribution in [-0.4, -0.2) is 0 Å². The molecule has 0 spiro atoms. The Morgan fingerprint density at radius 1 is 1.00 bits per heavy atom. The molecule has 1 aromatic carbocycles. The summed E-state index contributed by atoms with van der Waals surface area (Å²) in [5, 5.41) is 0. The Morgan fingerprint density at radius 3 is 2.36 bits per heavy atom. The molecule has 2 rings (SSSR count). The minimum absolute atomic E-state index is 1.09. The molecule has 0 aromatic heterocycles. The molecule has 0 atom stereocenters. The lowest BCUT2D eigenvalue weighted by atomic mass is 10.0. The van der Waals surface area contributed by atoms with E-state index in [1.807, 2.05) is 13.8 Å². The molecule has 1 aromatic rings. The van der Waals surface area contributed by atoms with Crippen molar-refractivity contribution in [1.29, 1.82) is 0 Å². The van der Waals surface area contributed by atoms with Crippen LogP contribution in [-0.2, 0) is 12.8 Å². The van der Waals surface area contributed by atoms with Crippen LogP contribution in [0.4, 0.5) is 0 Å². The molecule has 76 valence electrons.